The largest absolute Gasteiger partial charge is 0.493 e. The van der Waals surface area contributed by atoms with E-state index in [1.54, 1.807) is 11.3 Å². The highest BCUT2D eigenvalue weighted by molar-refractivity contribution is 7.17. The molecule has 38 heavy (non-hydrogen) atoms. The predicted octanol–water partition coefficient (Wildman–Crippen LogP) is 6.95. The van der Waals surface area contributed by atoms with Crippen molar-refractivity contribution in [3.8, 4) is 5.75 Å². The molecule has 0 amide bonds. The van der Waals surface area contributed by atoms with Gasteiger partial charge in [0.2, 0.25) is 5.78 Å². The molecule has 1 fully saturated rings. The number of aryl methyl sites for hydroxylation is 3. The van der Waals surface area contributed by atoms with Crippen molar-refractivity contribution in [3.05, 3.63) is 89.1 Å². The fraction of sp³-hybridized carbons (Fsp3) is 0.323. The Kier molecular flexibility index (Phi) is 8.22. The highest BCUT2D eigenvalue weighted by Gasteiger charge is 2.21. The summed E-state index contributed by atoms with van der Waals surface area (Å²) < 4.78 is 11.5. The molecule has 4 heterocycles. The number of thiophene rings is 1. The maximum atomic E-state index is 13.7. The molecule has 7 heteroatoms. The van der Waals surface area contributed by atoms with Crippen LogP contribution in [0.2, 0.25) is 0 Å². The van der Waals surface area contributed by atoms with E-state index in [0.717, 1.165) is 79.1 Å². The van der Waals surface area contributed by atoms with Crippen molar-refractivity contribution < 1.29 is 9.53 Å². The lowest BCUT2D eigenvalue weighted by atomic mass is 10.1. The quantitative estimate of drug-likeness (QED) is 0.192. The minimum Gasteiger partial charge on any atom is -0.493 e. The van der Waals surface area contributed by atoms with Crippen LogP contribution in [0.3, 0.4) is 0 Å². The summed E-state index contributed by atoms with van der Waals surface area (Å²) >= 11 is 1.69. The molecule has 1 N–H and O–H groups in total. The molecule has 1 aliphatic rings. The first-order valence-corrected chi connectivity index (χ1v) is 14.2. The zero-order valence-electron chi connectivity index (χ0n) is 21.7. The van der Waals surface area contributed by atoms with Crippen molar-refractivity contribution in [1.82, 2.24) is 14.5 Å². The zero-order chi connectivity index (χ0) is 25.2. The number of carbonyl (C=O) groups excluding carboxylic acids is 1. The van der Waals surface area contributed by atoms with Crippen molar-refractivity contribution >= 4 is 50.6 Å². The first-order chi connectivity index (χ1) is 18.2. The molecule has 6 rings (SSSR count). The molecule has 1 unspecified atom stereocenters. The van der Waals surface area contributed by atoms with Gasteiger partial charge >= 0.3 is 0 Å². The topological polar surface area (TPSA) is 48.2 Å². The van der Waals surface area contributed by atoms with Crippen LogP contribution in [0.15, 0.2) is 72.2 Å². The number of halogens is 1. The van der Waals surface area contributed by atoms with Gasteiger partial charge in [-0.15, -0.1) is 23.7 Å². The summed E-state index contributed by atoms with van der Waals surface area (Å²) in [5.74, 6) is 1.67. The van der Waals surface area contributed by atoms with Crippen LogP contribution in [-0.4, -0.2) is 34.6 Å². The number of nitrogens with one attached hydrogen (secondary N) is 1. The molecule has 0 aliphatic carbocycles. The minimum absolute atomic E-state index is 0. The van der Waals surface area contributed by atoms with Gasteiger partial charge in [0.1, 0.15) is 5.75 Å². The van der Waals surface area contributed by atoms with Gasteiger partial charge in [-0.05, 0) is 74.0 Å². The van der Waals surface area contributed by atoms with Crippen LogP contribution in [0, 0.1) is 5.92 Å². The molecule has 5 aromatic rings. The van der Waals surface area contributed by atoms with E-state index in [2.05, 4.69) is 87.5 Å². The Balaban J connectivity index is 0.00000294. The third kappa shape index (κ3) is 5.26. The summed E-state index contributed by atoms with van der Waals surface area (Å²) in [6, 6.07) is 21.0. The highest BCUT2D eigenvalue weighted by Crippen LogP contribution is 2.30. The highest BCUT2D eigenvalue weighted by atomic mass is 35.5. The fourth-order valence-electron chi connectivity index (χ4n) is 5.53. The summed E-state index contributed by atoms with van der Waals surface area (Å²) in [6.07, 6.45) is 5.24. The van der Waals surface area contributed by atoms with Crippen molar-refractivity contribution in [2.75, 3.05) is 19.7 Å². The van der Waals surface area contributed by atoms with E-state index >= 15 is 0 Å². The third-order valence-corrected chi connectivity index (χ3v) is 8.39. The SMILES string of the molecule is CCn1c(C(=O)c2cn(CCCc3ccc(OCC4CCNC4)cc3)c3ccccc23)cc2sccc21.Cl. The second-order valence-electron chi connectivity index (χ2n) is 9.94. The van der Waals surface area contributed by atoms with Crippen molar-refractivity contribution in [3.63, 3.8) is 0 Å². The zero-order valence-corrected chi connectivity index (χ0v) is 23.3. The molecule has 2 aromatic carbocycles. The van der Waals surface area contributed by atoms with Crippen LogP contribution >= 0.6 is 23.7 Å². The maximum Gasteiger partial charge on any atom is 0.211 e. The molecule has 0 saturated carbocycles. The standard InChI is InChI=1S/C31H33N3O2S.ClH/c1-2-34-28-14-17-37-30(28)18-29(34)31(35)26-20-33(27-8-4-3-7-25(26)27)16-5-6-22-9-11-24(12-10-22)36-21-23-13-15-32-19-23;/h3-4,7-12,14,17-18,20,23,32H,2,5-6,13,15-16,19,21H2,1H3;1H. The van der Waals surface area contributed by atoms with Gasteiger partial charge in [0.15, 0.2) is 0 Å². The number of aromatic nitrogens is 2. The van der Waals surface area contributed by atoms with Gasteiger partial charge in [-0.2, -0.15) is 0 Å². The lowest BCUT2D eigenvalue weighted by Crippen LogP contribution is -2.15. The van der Waals surface area contributed by atoms with Crippen LogP contribution in [0.5, 0.6) is 5.75 Å². The average Bonchev–Trinajstić information content (AvgIpc) is 3.72. The Hall–Kier alpha value is -3.06. The van der Waals surface area contributed by atoms with Gasteiger partial charge in [-0.1, -0.05) is 30.3 Å². The third-order valence-electron chi connectivity index (χ3n) is 7.54. The predicted molar refractivity (Wildman–Crippen MR) is 159 cm³/mol. The van der Waals surface area contributed by atoms with Gasteiger partial charge in [-0.3, -0.25) is 4.79 Å². The summed E-state index contributed by atoms with van der Waals surface area (Å²) in [5, 5.41) is 6.50. The normalized spacial score (nSPS) is 15.2. The van der Waals surface area contributed by atoms with Crippen LogP contribution in [-0.2, 0) is 19.5 Å². The van der Waals surface area contributed by atoms with E-state index < -0.39 is 0 Å². The first kappa shape index (κ1) is 26.5. The molecule has 1 atom stereocenters. The number of para-hydroxylation sites is 1. The number of nitrogens with zero attached hydrogens (tertiary/aromatic N) is 2. The van der Waals surface area contributed by atoms with Gasteiger partial charge < -0.3 is 19.2 Å². The molecule has 198 valence electrons. The van der Waals surface area contributed by atoms with Gasteiger partial charge in [-0.25, -0.2) is 0 Å². The first-order valence-electron chi connectivity index (χ1n) is 13.3. The van der Waals surface area contributed by atoms with E-state index in [9.17, 15) is 4.79 Å². The molecule has 0 bridgehead atoms. The Morgan fingerprint density at radius 1 is 1.11 bits per heavy atom. The summed E-state index contributed by atoms with van der Waals surface area (Å²) in [4.78, 5) is 13.7. The molecule has 5 nitrogen and oxygen atoms in total. The molecule has 0 radical (unpaired) electrons. The Morgan fingerprint density at radius 3 is 2.74 bits per heavy atom. The second kappa shape index (κ2) is 11.8. The van der Waals surface area contributed by atoms with Crippen molar-refractivity contribution in [1.29, 1.82) is 0 Å². The lowest BCUT2D eigenvalue weighted by molar-refractivity contribution is 0.103. The van der Waals surface area contributed by atoms with Crippen molar-refractivity contribution in [2.24, 2.45) is 5.92 Å². The second-order valence-corrected chi connectivity index (χ2v) is 10.9. The summed E-state index contributed by atoms with van der Waals surface area (Å²) in [7, 11) is 0. The molecule has 3 aromatic heterocycles. The molecule has 1 aliphatic heterocycles. The lowest BCUT2D eigenvalue weighted by Gasteiger charge is -2.11. The van der Waals surface area contributed by atoms with E-state index in [1.807, 2.05) is 6.07 Å². The van der Waals surface area contributed by atoms with Crippen molar-refractivity contribution in [2.45, 2.75) is 39.3 Å². The van der Waals surface area contributed by atoms with E-state index in [4.69, 9.17) is 4.74 Å². The number of carbonyl (C=O) groups is 1. The number of ether oxygens (including phenoxy) is 1. The number of hydrogen-bond acceptors (Lipinski definition) is 4. The van der Waals surface area contributed by atoms with Gasteiger partial charge in [0.05, 0.1) is 22.5 Å². The van der Waals surface area contributed by atoms with E-state index in [-0.39, 0.29) is 18.2 Å². The molecule has 0 spiro atoms. The van der Waals surface area contributed by atoms with Gasteiger partial charge in [0.25, 0.3) is 0 Å². The molecular weight excluding hydrogens is 514 g/mol. The number of rotatable bonds is 10. The Bertz CT molecular complexity index is 1530. The van der Waals surface area contributed by atoms with Crippen LogP contribution in [0.25, 0.3) is 21.1 Å². The number of fused-ring (bicyclic) bond motifs is 2. The van der Waals surface area contributed by atoms with E-state index in [0.29, 0.717) is 5.92 Å². The number of ketones is 1. The summed E-state index contributed by atoms with van der Waals surface area (Å²) in [5.41, 5.74) is 5.13. The Labute approximate surface area is 233 Å². The monoisotopic (exact) mass is 547 g/mol. The molecular formula is C31H34ClN3O2S. The smallest absolute Gasteiger partial charge is 0.211 e. The van der Waals surface area contributed by atoms with Gasteiger partial charge in [0, 0.05) is 48.2 Å². The molecule has 1 saturated heterocycles. The maximum absolute atomic E-state index is 13.7. The van der Waals surface area contributed by atoms with E-state index in [1.165, 1.54) is 16.7 Å². The average molecular weight is 548 g/mol. The van der Waals surface area contributed by atoms with Crippen LogP contribution < -0.4 is 10.1 Å². The van der Waals surface area contributed by atoms with Crippen LogP contribution in [0.4, 0.5) is 0 Å². The number of hydrogen-bond donors (Lipinski definition) is 1. The van der Waals surface area contributed by atoms with Crippen LogP contribution in [0.1, 0.15) is 41.4 Å². The summed E-state index contributed by atoms with van der Waals surface area (Å²) in [6.45, 7) is 6.69. The fourth-order valence-corrected chi connectivity index (χ4v) is 6.36. The Morgan fingerprint density at radius 2 is 1.95 bits per heavy atom. The number of benzene rings is 2. The minimum atomic E-state index is 0.